The van der Waals surface area contributed by atoms with E-state index in [1.165, 1.54) is 0 Å². The maximum absolute atomic E-state index is 5.62. The molecule has 3 heteroatoms. The van der Waals surface area contributed by atoms with Gasteiger partial charge in [-0.1, -0.05) is 29.3 Å². The highest BCUT2D eigenvalue weighted by Crippen LogP contribution is 2.18. The van der Waals surface area contributed by atoms with Crippen molar-refractivity contribution in [1.29, 1.82) is 0 Å². The lowest BCUT2D eigenvalue weighted by molar-refractivity contribution is -0.0583. The molecule has 0 saturated heterocycles. The van der Waals surface area contributed by atoms with E-state index < -0.39 is 0 Å². The third-order valence-corrected chi connectivity index (χ3v) is 2.40. The molecule has 0 fully saturated rings. The zero-order valence-electron chi connectivity index (χ0n) is 8.50. The van der Waals surface area contributed by atoms with E-state index >= 15 is 0 Å². The van der Waals surface area contributed by atoms with E-state index in [1.807, 2.05) is 24.3 Å². The van der Waals surface area contributed by atoms with Gasteiger partial charge in [0.05, 0.1) is 0 Å². The number of hydrogen-bond donors (Lipinski definition) is 0. The molecule has 2 nitrogen and oxygen atoms in total. The molecule has 0 amide bonds. The van der Waals surface area contributed by atoms with Gasteiger partial charge < -0.3 is 9.47 Å². The van der Waals surface area contributed by atoms with Gasteiger partial charge in [-0.3, -0.25) is 0 Å². The van der Waals surface area contributed by atoms with Gasteiger partial charge in [-0.15, -0.1) is 0 Å². The summed E-state index contributed by atoms with van der Waals surface area (Å²) < 4.78 is 11.9. The molecule has 1 atom stereocenters. The Morgan fingerprint density at radius 2 is 1.93 bits per heavy atom. The van der Waals surface area contributed by atoms with Crippen molar-refractivity contribution in [3.63, 3.8) is 0 Å². The highest BCUT2D eigenvalue weighted by Gasteiger charge is 2.06. The molecule has 0 heterocycles. The standard InChI is InChI=1S/C11H15BrO2/c1-3-4-11(13-2)14-10-7-5-9(12)6-8-10/h5-8,11H,3-4H2,1-2H3. The molecule has 0 saturated carbocycles. The van der Waals surface area contributed by atoms with E-state index in [1.54, 1.807) is 7.11 Å². The maximum atomic E-state index is 5.62. The Hall–Kier alpha value is -0.540. The van der Waals surface area contributed by atoms with Gasteiger partial charge in [0.15, 0.2) is 6.29 Å². The summed E-state index contributed by atoms with van der Waals surface area (Å²) in [6.07, 6.45) is 1.82. The summed E-state index contributed by atoms with van der Waals surface area (Å²) in [7, 11) is 1.67. The lowest BCUT2D eigenvalue weighted by Crippen LogP contribution is -2.18. The third kappa shape index (κ3) is 3.68. The highest BCUT2D eigenvalue weighted by molar-refractivity contribution is 9.10. The second-order valence-electron chi connectivity index (χ2n) is 3.03. The Labute approximate surface area is 93.4 Å². The minimum atomic E-state index is -0.138. The summed E-state index contributed by atoms with van der Waals surface area (Å²) in [5, 5.41) is 0. The van der Waals surface area contributed by atoms with Gasteiger partial charge in [0.25, 0.3) is 0 Å². The van der Waals surface area contributed by atoms with Crippen molar-refractivity contribution < 1.29 is 9.47 Å². The van der Waals surface area contributed by atoms with E-state index in [4.69, 9.17) is 9.47 Å². The van der Waals surface area contributed by atoms with Crippen LogP contribution < -0.4 is 4.74 Å². The number of methoxy groups -OCH3 is 1. The Bertz CT molecular complexity index is 258. The Kier molecular flexibility index (Phi) is 4.98. The minimum Gasteiger partial charge on any atom is -0.465 e. The first kappa shape index (κ1) is 11.5. The van der Waals surface area contributed by atoms with Crippen LogP contribution in [0.5, 0.6) is 5.75 Å². The molecule has 0 spiro atoms. The molecule has 0 N–H and O–H groups in total. The van der Waals surface area contributed by atoms with E-state index in [0.717, 1.165) is 23.1 Å². The van der Waals surface area contributed by atoms with E-state index in [0.29, 0.717) is 0 Å². The van der Waals surface area contributed by atoms with Crippen LogP contribution in [0.3, 0.4) is 0 Å². The van der Waals surface area contributed by atoms with Crippen LogP contribution in [0.4, 0.5) is 0 Å². The average molecular weight is 259 g/mol. The summed E-state index contributed by atoms with van der Waals surface area (Å²) in [5.41, 5.74) is 0. The predicted molar refractivity (Wildman–Crippen MR) is 60.5 cm³/mol. The fourth-order valence-electron chi connectivity index (χ4n) is 1.13. The van der Waals surface area contributed by atoms with Crippen LogP contribution in [-0.4, -0.2) is 13.4 Å². The summed E-state index contributed by atoms with van der Waals surface area (Å²) in [4.78, 5) is 0. The van der Waals surface area contributed by atoms with Gasteiger partial charge in [-0.2, -0.15) is 0 Å². The van der Waals surface area contributed by atoms with Gasteiger partial charge in [-0.25, -0.2) is 0 Å². The molecule has 1 unspecified atom stereocenters. The maximum Gasteiger partial charge on any atom is 0.199 e. The Morgan fingerprint density at radius 3 is 2.43 bits per heavy atom. The molecule has 0 radical (unpaired) electrons. The lowest BCUT2D eigenvalue weighted by Gasteiger charge is -2.16. The Morgan fingerprint density at radius 1 is 1.29 bits per heavy atom. The van der Waals surface area contributed by atoms with Gasteiger partial charge >= 0.3 is 0 Å². The molecule has 0 aliphatic carbocycles. The third-order valence-electron chi connectivity index (χ3n) is 1.87. The van der Waals surface area contributed by atoms with Crippen LogP contribution >= 0.6 is 15.9 Å². The van der Waals surface area contributed by atoms with Gasteiger partial charge in [0.2, 0.25) is 0 Å². The van der Waals surface area contributed by atoms with Crippen molar-refractivity contribution in [2.45, 2.75) is 26.1 Å². The fraction of sp³-hybridized carbons (Fsp3) is 0.455. The fourth-order valence-corrected chi connectivity index (χ4v) is 1.39. The first-order valence-electron chi connectivity index (χ1n) is 4.71. The molecular formula is C11H15BrO2. The monoisotopic (exact) mass is 258 g/mol. The average Bonchev–Trinajstić information content (AvgIpc) is 2.20. The molecule has 1 aromatic rings. The normalized spacial score (nSPS) is 12.5. The largest absolute Gasteiger partial charge is 0.465 e. The van der Waals surface area contributed by atoms with Crippen molar-refractivity contribution in [3.8, 4) is 5.75 Å². The summed E-state index contributed by atoms with van der Waals surface area (Å²) >= 11 is 3.37. The number of halogens is 1. The molecule has 0 aliphatic heterocycles. The first-order valence-corrected chi connectivity index (χ1v) is 5.50. The molecular weight excluding hydrogens is 244 g/mol. The van der Waals surface area contributed by atoms with E-state index in [2.05, 4.69) is 22.9 Å². The number of rotatable bonds is 5. The van der Waals surface area contributed by atoms with Gasteiger partial charge in [-0.05, 0) is 24.3 Å². The second-order valence-corrected chi connectivity index (χ2v) is 3.94. The van der Waals surface area contributed by atoms with Crippen molar-refractivity contribution in [3.05, 3.63) is 28.7 Å². The zero-order chi connectivity index (χ0) is 10.4. The van der Waals surface area contributed by atoms with E-state index in [9.17, 15) is 0 Å². The molecule has 1 aromatic carbocycles. The second kappa shape index (κ2) is 6.04. The quantitative estimate of drug-likeness (QED) is 0.752. The number of benzene rings is 1. The van der Waals surface area contributed by atoms with Crippen LogP contribution in [0.25, 0.3) is 0 Å². The SMILES string of the molecule is CCCC(OC)Oc1ccc(Br)cc1. The summed E-state index contributed by atoms with van der Waals surface area (Å²) in [6.45, 7) is 2.11. The van der Waals surface area contributed by atoms with E-state index in [-0.39, 0.29) is 6.29 Å². The van der Waals surface area contributed by atoms with Crippen LogP contribution in [0.15, 0.2) is 28.7 Å². The van der Waals surface area contributed by atoms with Crippen LogP contribution in [-0.2, 0) is 4.74 Å². The van der Waals surface area contributed by atoms with Crippen molar-refractivity contribution in [2.75, 3.05) is 7.11 Å². The zero-order valence-corrected chi connectivity index (χ0v) is 10.1. The van der Waals surface area contributed by atoms with Crippen molar-refractivity contribution >= 4 is 15.9 Å². The lowest BCUT2D eigenvalue weighted by atomic mass is 10.3. The van der Waals surface area contributed by atoms with Crippen LogP contribution in [0.2, 0.25) is 0 Å². The van der Waals surface area contributed by atoms with Gasteiger partial charge in [0, 0.05) is 18.0 Å². The molecule has 0 aliphatic rings. The topological polar surface area (TPSA) is 18.5 Å². The summed E-state index contributed by atoms with van der Waals surface area (Å²) in [6, 6.07) is 7.75. The van der Waals surface area contributed by atoms with Gasteiger partial charge in [0.1, 0.15) is 5.75 Å². The van der Waals surface area contributed by atoms with Crippen LogP contribution in [0, 0.1) is 0 Å². The predicted octanol–water partition coefficient (Wildman–Crippen LogP) is 3.60. The van der Waals surface area contributed by atoms with Crippen molar-refractivity contribution in [1.82, 2.24) is 0 Å². The molecule has 0 bridgehead atoms. The first-order chi connectivity index (χ1) is 6.76. The molecule has 0 aromatic heterocycles. The van der Waals surface area contributed by atoms with Crippen LogP contribution in [0.1, 0.15) is 19.8 Å². The summed E-state index contributed by atoms with van der Waals surface area (Å²) in [5.74, 6) is 0.841. The Balaban J connectivity index is 2.53. The minimum absolute atomic E-state index is 0.138. The molecule has 1 rings (SSSR count). The van der Waals surface area contributed by atoms with Crippen molar-refractivity contribution in [2.24, 2.45) is 0 Å². The number of ether oxygens (including phenoxy) is 2. The highest BCUT2D eigenvalue weighted by atomic mass is 79.9. The molecule has 78 valence electrons. The molecule has 14 heavy (non-hydrogen) atoms. The number of hydrogen-bond acceptors (Lipinski definition) is 2. The smallest absolute Gasteiger partial charge is 0.199 e.